The van der Waals surface area contributed by atoms with E-state index in [4.69, 9.17) is 0 Å². The molecule has 0 spiro atoms. The zero-order chi connectivity index (χ0) is 18.5. The molecule has 1 aliphatic heterocycles. The van der Waals surface area contributed by atoms with Crippen molar-refractivity contribution >= 4 is 11.8 Å². The highest BCUT2D eigenvalue weighted by Crippen LogP contribution is 2.22. The second kappa shape index (κ2) is 8.17. The summed E-state index contributed by atoms with van der Waals surface area (Å²) in [6.07, 6.45) is 2.52. The van der Waals surface area contributed by atoms with Gasteiger partial charge < -0.3 is 10.2 Å². The van der Waals surface area contributed by atoms with Crippen LogP contribution < -0.4 is 5.32 Å². The topological polar surface area (TPSA) is 49.4 Å². The summed E-state index contributed by atoms with van der Waals surface area (Å²) in [7, 11) is 0. The third kappa shape index (κ3) is 3.96. The summed E-state index contributed by atoms with van der Waals surface area (Å²) >= 11 is 0. The van der Waals surface area contributed by atoms with Gasteiger partial charge in [-0.15, -0.1) is 0 Å². The molecule has 4 heteroatoms. The normalized spacial score (nSPS) is 17.8. The molecule has 1 heterocycles. The van der Waals surface area contributed by atoms with Crippen LogP contribution in [0.4, 0.5) is 0 Å². The quantitative estimate of drug-likeness (QED) is 0.893. The van der Waals surface area contributed by atoms with Gasteiger partial charge in [0.25, 0.3) is 5.91 Å². The number of hydrogen-bond donors (Lipinski definition) is 1. The van der Waals surface area contributed by atoms with E-state index in [0.29, 0.717) is 18.5 Å². The number of nitrogens with zero attached hydrogens (tertiary/aromatic N) is 1. The van der Waals surface area contributed by atoms with Crippen molar-refractivity contribution in [3.05, 3.63) is 71.3 Å². The fourth-order valence-electron chi connectivity index (χ4n) is 3.47. The molecule has 0 aromatic heterocycles. The highest BCUT2D eigenvalue weighted by atomic mass is 16.2. The van der Waals surface area contributed by atoms with Crippen LogP contribution in [0, 0.1) is 0 Å². The van der Waals surface area contributed by atoms with Crippen LogP contribution in [0.3, 0.4) is 0 Å². The van der Waals surface area contributed by atoms with Crippen molar-refractivity contribution in [1.29, 1.82) is 0 Å². The van der Waals surface area contributed by atoms with E-state index in [2.05, 4.69) is 12.2 Å². The Bertz CT molecular complexity index is 755. The standard InChI is InChI=1S/C22H26N2O2/c1-3-17-11-13-19(14-12-17)22(26)24-15-7-10-20(24)21(25)23-16(2)18-8-5-4-6-9-18/h4-6,8-9,11-14,16,20H,3,7,10,15H2,1-2H3,(H,23,25). The largest absolute Gasteiger partial charge is 0.348 e. The highest BCUT2D eigenvalue weighted by molar-refractivity contribution is 5.98. The second-order valence-electron chi connectivity index (χ2n) is 6.85. The Morgan fingerprint density at radius 3 is 2.46 bits per heavy atom. The molecular formula is C22H26N2O2. The molecule has 26 heavy (non-hydrogen) atoms. The summed E-state index contributed by atoms with van der Waals surface area (Å²) in [6.45, 7) is 4.69. The Labute approximate surface area is 155 Å². The zero-order valence-corrected chi connectivity index (χ0v) is 15.4. The lowest BCUT2D eigenvalue weighted by atomic mass is 10.1. The third-order valence-corrected chi connectivity index (χ3v) is 5.08. The molecule has 2 aromatic rings. The number of aryl methyl sites for hydroxylation is 1. The van der Waals surface area contributed by atoms with E-state index in [1.807, 2.05) is 61.5 Å². The first-order valence-corrected chi connectivity index (χ1v) is 9.35. The molecule has 4 nitrogen and oxygen atoms in total. The van der Waals surface area contributed by atoms with Gasteiger partial charge in [0.05, 0.1) is 6.04 Å². The average molecular weight is 350 g/mol. The Balaban J connectivity index is 1.68. The lowest BCUT2D eigenvalue weighted by molar-refractivity contribution is -0.125. The van der Waals surface area contributed by atoms with Crippen molar-refractivity contribution < 1.29 is 9.59 Å². The van der Waals surface area contributed by atoms with Crippen LogP contribution in [0.15, 0.2) is 54.6 Å². The maximum absolute atomic E-state index is 12.9. The van der Waals surface area contributed by atoms with E-state index in [0.717, 1.165) is 18.4 Å². The summed E-state index contributed by atoms with van der Waals surface area (Å²) in [4.78, 5) is 27.4. The predicted octanol–water partition coefficient (Wildman–Crippen LogP) is 3.73. The number of carbonyl (C=O) groups is 2. The van der Waals surface area contributed by atoms with Crippen molar-refractivity contribution in [1.82, 2.24) is 10.2 Å². The van der Waals surface area contributed by atoms with E-state index >= 15 is 0 Å². The molecule has 2 atom stereocenters. The van der Waals surface area contributed by atoms with E-state index < -0.39 is 0 Å². The average Bonchev–Trinajstić information content (AvgIpc) is 3.18. The molecule has 0 radical (unpaired) electrons. The van der Waals surface area contributed by atoms with E-state index in [1.54, 1.807) is 4.90 Å². The van der Waals surface area contributed by atoms with Gasteiger partial charge in [0.1, 0.15) is 6.04 Å². The Hall–Kier alpha value is -2.62. The summed E-state index contributed by atoms with van der Waals surface area (Å²) < 4.78 is 0. The van der Waals surface area contributed by atoms with Crippen LogP contribution in [0.1, 0.15) is 54.2 Å². The van der Waals surface area contributed by atoms with E-state index in [1.165, 1.54) is 5.56 Å². The Morgan fingerprint density at radius 2 is 1.81 bits per heavy atom. The second-order valence-corrected chi connectivity index (χ2v) is 6.85. The Kier molecular flexibility index (Phi) is 5.71. The van der Waals surface area contributed by atoms with Gasteiger partial charge in [0.15, 0.2) is 0 Å². The third-order valence-electron chi connectivity index (χ3n) is 5.08. The van der Waals surface area contributed by atoms with Crippen LogP contribution in [0.5, 0.6) is 0 Å². The molecule has 1 N–H and O–H groups in total. The maximum atomic E-state index is 12.9. The van der Waals surface area contributed by atoms with Crippen LogP contribution >= 0.6 is 0 Å². The predicted molar refractivity (Wildman–Crippen MR) is 103 cm³/mol. The number of amides is 2. The van der Waals surface area contributed by atoms with Gasteiger partial charge in [-0.05, 0) is 49.4 Å². The molecule has 2 amide bonds. The maximum Gasteiger partial charge on any atom is 0.254 e. The van der Waals surface area contributed by atoms with Crippen molar-refractivity contribution in [3.63, 3.8) is 0 Å². The van der Waals surface area contributed by atoms with Crippen molar-refractivity contribution in [2.24, 2.45) is 0 Å². The molecule has 1 saturated heterocycles. The SMILES string of the molecule is CCc1ccc(C(=O)N2CCCC2C(=O)NC(C)c2ccccc2)cc1. The number of carbonyl (C=O) groups excluding carboxylic acids is 2. The monoisotopic (exact) mass is 350 g/mol. The van der Waals surface area contributed by atoms with Gasteiger partial charge in [-0.1, -0.05) is 49.4 Å². The van der Waals surface area contributed by atoms with Crippen molar-refractivity contribution in [2.75, 3.05) is 6.54 Å². The number of hydrogen-bond acceptors (Lipinski definition) is 2. The molecule has 3 rings (SSSR count). The van der Waals surface area contributed by atoms with E-state index in [-0.39, 0.29) is 23.9 Å². The first kappa shape index (κ1) is 18.2. The van der Waals surface area contributed by atoms with Gasteiger partial charge >= 0.3 is 0 Å². The number of nitrogens with one attached hydrogen (secondary N) is 1. The summed E-state index contributed by atoms with van der Waals surface area (Å²) in [6, 6.07) is 17.1. The zero-order valence-electron chi connectivity index (χ0n) is 15.4. The first-order chi connectivity index (χ1) is 12.6. The first-order valence-electron chi connectivity index (χ1n) is 9.35. The lowest BCUT2D eigenvalue weighted by Crippen LogP contribution is -2.46. The van der Waals surface area contributed by atoms with Crippen molar-refractivity contribution in [2.45, 2.75) is 45.2 Å². The minimum Gasteiger partial charge on any atom is -0.348 e. The molecule has 0 aliphatic carbocycles. The number of benzene rings is 2. The van der Waals surface area contributed by atoms with Gasteiger partial charge in [0, 0.05) is 12.1 Å². The molecule has 0 saturated carbocycles. The van der Waals surface area contributed by atoms with Gasteiger partial charge in [-0.25, -0.2) is 0 Å². The molecule has 2 unspecified atom stereocenters. The molecule has 0 bridgehead atoms. The summed E-state index contributed by atoms with van der Waals surface area (Å²) in [5, 5.41) is 3.06. The Morgan fingerprint density at radius 1 is 1.12 bits per heavy atom. The van der Waals surface area contributed by atoms with Gasteiger partial charge in [-0.2, -0.15) is 0 Å². The minimum atomic E-state index is -0.389. The summed E-state index contributed by atoms with van der Waals surface area (Å²) in [5.74, 6) is -0.130. The van der Waals surface area contributed by atoms with Crippen LogP contribution in [-0.4, -0.2) is 29.3 Å². The van der Waals surface area contributed by atoms with E-state index in [9.17, 15) is 9.59 Å². The smallest absolute Gasteiger partial charge is 0.254 e. The molecule has 1 aliphatic rings. The molecule has 1 fully saturated rings. The van der Waals surface area contributed by atoms with Gasteiger partial charge in [-0.3, -0.25) is 9.59 Å². The van der Waals surface area contributed by atoms with Crippen LogP contribution in [0.25, 0.3) is 0 Å². The minimum absolute atomic E-state index is 0.0577. The van der Waals surface area contributed by atoms with Crippen LogP contribution in [0.2, 0.25) is 0 Å². The lowest BCUT2D eigenvalue weighted by Gasteiger charge is -2.26. The summed E-state index contributed by atoms with van der Waals surface area (Å²) in [5.41, 5.74) is 2.92. The fourth-order valence-corrected chi connectivity index (χ4v) is 3.47. The van der Waals surface area contributed by atoms with Gasteiger partial charge in [0.2, 0.25) is 5.91 Å². The number of likely N-dealkylation sites (tertiary alicyclic amines) is 1. The molecule has 136 valence electrons. The van der Waals surface area contributed by atoms with Crippen molar-refractivity contribution in [3.8, 4) is 0 Å². The van der Waals surface area contributed by atoms with Crippen LogP contribution in [-0.2, 0) is 11.2 Å². The highest BCUT2D eigenvalue weighted by Gasteiger charge is 2.35. The molecule has 2 aromatic carbocycles. The number of rotatable bonds is 5. The fraction of sp³-hybridized carbons (Fsp3) is 0.364. The molecular weight excluding hydrogens is 324 g/mol.